The Morgan fingerprint density at radius 2 is 1.18 bits per heavy atom. The predicted octanol–water partition coefficient (Wildman–Crippen LogP) is 9.43. The number of allylic oxidation sites excluding steroid dienone is 1. The second-order valence-corrected chi connectivity index (χ2v) is 8.69. The van der Waals surface area contributed by atoms with Crippen LogP contribution < -0.4 is 4.90 Å². The van der Waals surface area contributed by atoms with Crippen LogP contribution in [-0.2, 0) is 0 Å². The molecule has 0 spiro atoms. The number of rotatable bonds is 7. The van der Waals surface area contributed by atoms with Crippen molar-refractivity contribution in [1.29, 1.82) is 0 Å². The van der Waals surface area contributed by atoms with Crippen molar-refractivity contribution in [3.63, 3.8) is 0 Å². The minimum Gasteiger partial charge on any atom is -0.311 e. The van der Waals surface area contributed by atoms with Crippen LogP contribution in [0.3, 0.4) is 0 Å². The highest BCUT2D eigenvalue weighted by atomic mass is 15.1. The van der Waals surface area contributed by atoms with Gasteiger partial charge in [0.25, 0.3) is 0 Å². The highest BCUT2D eigenvalue weighted by Gasteiger charge is 2.14. The van der Waals surface area contributed by atoms with E-state index in [2.05, 4.69) is 142 Å². The van der Waals surface area contributed by atoms with Gasteiger partial charge >= 0.3 is 0 Å². The van der Waals surface area contributed by atoms with Crippen molar-refractivity contribution in [3.8, 4) is 0 Å². The summed E-state index contributed by atoms with van der Waals surface area (Å²) in [6.07, 6.45) is 3.34. The lowest BCUT2D eigenvalue weighted by Gasteiger charge is -2.26. The lowest BCUT2D eigenvalue weighted by atomic mass is 9.97. The highest BCUT2D eigenvalue weighted by Crippen LogP contribution is 2.36. The van der Waals surface area contributed by atoms with Crippen molar-refractivity contribution in [2.45, 2.75) is 40.0 Å². The molecule has 0 N–H and O–H groups in total. The van der Waals surface area contributed by atoms with E-state index < -0.39 is 0 Å². The van der Waals surface area contributed by atoms with Crippen LogP contribution in [-0.4, -0.2) is 0 Å². The lowest BCUT2D eigenvalue weighted by molar-refractivity contribution is 0.733. The maximum Gasteiger partial charge on any atom is 0.0462 e. The third kappa shape index (κ3) is 5.09. The van der Waals surface area contributed by atoms with Crippen LogP contribution in [0.25, 0.3) is 5.57 Å². The van der Waals surface area contributed by atoms with Gasteiger partial charge in [0.05, 0.1) is 0 Å². The Bertz CT molecular complexity index is 1180. The van der Waals surface area contributed by atoms with Crippen LogP contribution in [0.5, 0.6) is 0 Å². The van der Waals surface area contributed by atoms with Crippen molar-refractivity contribution in [3.05, 3.63) is 131 Å². The second kappa shape index (κ2) is 10.4. The van der Waals surface area contributed by atoms with Crippen LogP contribution in [0.15, 0.2) is 109 Å². The quantitative estimate of drug-likeness (QED) is 0.282. The monoisotopic (exact) mass is 431 g/mol. The molecule has 0 bridgehead atoms. The second-order valence-electron chi connectivity index (χ2n) is 8.69. The fourth-order valence-electron chi connectivity index (χ4n) is 4.24. The number of aryl methyl sites for hydroxylation is 1. The number of nitrogens with zero attached hydrogens (tertiary/aromatic N) is 1. The lowest BCUT2D eigenvalue weighted by Crippen LogP contribution is -2.10. The van der Waals surface area contributed by atoms with Gasteiger partial charge in [-0.1, -0.05) is 92.2 Å². The van der Waals surface area contributed by atoms with Gasteiger partial charge in [-0.05, 0) is 84.8 Å². The van der Waals surface area contributed by atoms with Crippen LogP contribution in [0.2, 0.25) is 0 Å². The van der Waals surface area contributed by atoms with E-state index >= 15 is 0 Å². The van der Waals surface area contributed by atoms with E-state index in [0.717, 1.165) is 12.1 Å². The molecule has 0 saturated carbocycles. The molecule has 0 aliphatic carbocycles. The van der Waals surface area contributed by atoms with E-state index in [1.54, 1.807) is 0 Å². The van der Waals surface area contributed by atoms with E-state index in [-0.39, 0.29) is 0 Å². The zero-order chi connectivity index (χ0) is 23.2. The van der Waals surface area contributed by atoms with Gasteiger partial charge in [0, 0.05) is 17.1 Å². The minimum absolute atomic E-state index is 0.573. The van der Waals surface area contributed by atoms with Gasteiger partial charge in [-0.2, -0.15) is 0 Å². The summed E-state index contributed by atoms with van der Waals surface area (Å²) in [5.41, 5.74) is 9.87. The van der Waals surface area contributed by atoms with Gasteiger partial charge in [-0.15, -0.1) is 0 Å². The minimum atomic E-state index is 0.573. The van der Waals surface area contributed by atoms with Crippen LogP contribution >= 0.6 is 0 Å². The molecule has 0 saturated heterocycles. The van der Waals surface area contributed by atoms with Gasteiger partial charge in [0.1, 0.15) is 0 Å². The molecule has 33 heavy (non-hydrogen) atoms. The van der Waals surface area contributed by atoms with Crippen LogP contribution in [0.4, 0.5) is 17.1 Å². The number of anilines is 3. The zero-order valence-electron chi connectivity index (χ0n) is 20.1. The first-order valence-electron chi connectivity index (χ1n) is 11.9. The molecule has 0 radical (unpaired) electrons. The first-order chi connectivity index (χ1) is 16.1. The van der Waals surface area contributed by atoms with Gasteiger partial charge in [-0.25, -0.2) is 0 Å². The smallest absolute Gasteiger partial charge is 0.0462 e. The largest absolute Gasteiger partial charge is 0.311 e. The fraction of sp³-hybridized carbons (Fsp3) is 0.188. The normalized spacial score (nSPS) is 12.4. The maximum absolute atomic E-state index is 2.33. The first kappa shape index (κ1) is 22.6. The molecular weight excluding hydrogens is 398 g/mol. The predicted molar refractivity (Wildman–Crippen MR) is 144 cm³/mol. The Morgan fingerprint density at radius 3 is 1.70 bits per heavy atom. The SMILES string of the molecule is CC=C(c1ccccc1)c1ccc(N(c2ccc(C)cc2)c2ccc(C(C)CC)cc2)cc1. The van der Waals surface area contributed by atoms with Crippen molar-refractivity contribution in [1.82, 2.24) is 0 Å². The molecule has 1 unspecified atom stereocenters. The summed E-state index contributed by atoms with van der Waals surface area (Å²) < 4.78 is 0. The van der Waals surface area contributed by atoms with Crippen molar-refractivity contribution in [2.24, 2.45) is 0 Å². The zero-order valence-corrected chi connectivity index (χ0v) is 20.1. The number of benzene rings is 4. The third-order valence-corrected chi connectivity index (χ3v) is 6.43. The Labute approximate surface area is 199 Å². The molecule has 0 aliphatic rings. The molecular formula is C32H33N. The Hall–Kier alpha value is -3.58. The fourth-order valence-corrected chi connectivity index (χ4v) is 4.24. The third-order valence-electron chi connectivity index (χ3n) is 6.43. The van der Waals surface area contributed by atoms with Crippen molar-refractivity contribution < 1.29 is 0 Å². The molecule has 1 nitrogen and oxygen atoms in total. The average molecular weight is 432 g/mol. The molecule has 166 valence electrons. The molecule has 1 atom stereocenters. The molecule has 4 aromatic carbocycles. The van der Waals surface area contributed by atoms with E-state index in [0.29, 0.717) is 5.92 Å². The van der Waals surface area contributed by atoms with Gasteiger partial charge < -0.3 is 4.90 Å². The van der Waals surface area contributed by atoms with E-state index in [1.807, 2.05) is 0 Å². The van der Waals surface area contributed by atoms with E-state index in [4.69, 9.17) is 0 Å². The molecule has 0 aromatic heterocycles. The molecule has 4 rings (SSSR count). The first-order valence-corrected chi connectivity index (χ1v) is 11.9. The Kier molecular flexibility index (Phi) is 7.10. The molecule has 0 fully saturated rings. The summed E-state index contributed by atoms with van der Waals surface area (Å²) in [5.74, 6) is 0.573. The molecule has 0 heterocycles. The summed E-state index contributed by atoms with van der Waals surface area (Å²) in [6, 6.07) is 37.3. The van der Waals surface area contributed by atoms with Gasteiger partial charge in [0.15, 0.2) is 0 Å². The van der Waals surface area contributed by atoms with Crippen LogP contribution in [0, 0.1) is 6.92 Å². The summed E-state index contributed by atoms with van der Waals surface area (Å²) in [7, 11) is 0. The van der Waals surface area contributed by atoms with Crippen LogP contribution in [0.1, 0.15) is 55.4 Å². The molecule has 1 heteroatoms. The van der Waals surface area contributed by atoms with Gasteiger partial charge in [0.2, 0.25) is 0 Å². The van der Waals surface area contributed by atoms with E-state index in [9.17, 15) is 0 Å². The maximum atomic E-state index is 2.33. The van der Waals surface area contributed by atoms with Crippen molar-refractivity contribution >= 4 is 22.6 Å². The molecule has 4 aromatic rings. The number of hydrogen-bond donors (Lipinski definition) is 0. The summed E-state index contributed by atoms with van der Waals surface area (Å²) in [5, 5.41) is 0. The topological polar surface area (TPSA) is 3.24 Å². The Balaban J connectivity index is 1.72. The molecule has 0 amide bonds. The Morgan fingerprint density at radius 1 is 0.697 bits per heavy atom. The standard InChI is InChI=1S/C32H33N/c1-5-25(4)26-14-20-30(21-15-26)33(29-18-12-24(3)13-19-29)31-22-16-28(17-23-31)32(6-2)27-10-8-7-9-11-27/h6-23,25H,5H2,1-4H3. The average Bonchev–Trinajstić information content (AvgIpc) is 2.87. The summed E-state index contributed by atoms with van der Waals surface area (Å²) in [4.78, 5) is 2.33. The summed E-state index contributed by atoms with van der Waals surface area (Å²) >= 11 is 0. The summed E-state index contributed by atoms with van der Waals surface area (Å²) in [6.45, 7) is 8.77. The highest BCUT2D eigenvalue weighted by molar-refractivity contribution is 5.82. The van der Waals surface area contributed by atoms with E-state index in [1.165, 1.54) is 39.2 Å². The van der Waals surface area contributed by atoms with Crippen molar-refractivity contribution in [2.75, 3.05) is 4.90 Å². The van der Waals surface area contributed by atoms with Gasteiger partial charge in [-0.3, -0.25) is 0 Å². The molecule has 0 aliphatic heterocycles. The number of hydrogen-bond acceptors (Lipinski definition) is 1.